The van der Waals surface area contributed by atoms with Crippen LogP contribution in [0.15, 0.2) is 54.7 Å². The lowest BCUT2D eigenvalue weighted by Gasteiger charge is -2.07. The number of nitrogens with one attached hydrogen (secondary N) is 1. The van der Waals surface area contributed by atoms with E-state index in [0.29, 0.717) is 0 Å². The molecule has 1 N–H and O–H groups in total. The lowest BCUT2D eigenvalue weighted by Crippen LogP contribution is -2.12. The molecule has 0 radical (unpaired) electrons. The van der Waals surface area contributed by atoms with E-state index < -0.39 is 0 Å². The number of hydrogen-bond donors (Lipinski definition) is 1. The Morgan fingerprint density at radius 3 is 2.65 bits per heavy atom. The Hall–Kier alpha value is -2.55. The standard InChI is InChI=1S/C17H14N2O/c1-19-10-13(11-6-3-5-9-15(11)19)16-12-7-2-4-8-14(12)18-17(16)20/h2-10,16H,1H3,(H,18,20). The van der Waals surface area contributed by atoms with E-state index in [1.807, 2.05) is 43.4 Å². The van der Waals surface area contributed by atoms with Crippen molar-refractivity contribution >= 4 is 22.5 Å². The van der Waals surface area contributed by atoms with Crippen LogP contribution in [0.5, 0.6) is 0 Å². The highest BCUT2D eigenvalue weighted by Crippen LogP contribution is 2.40. The number of fused-ring (bicyclic) bond motifs is 2. The fraction of sp³-hybridized carbons (Fsp3) is 0.118. The Labute approximate surface area is 116 Å². The van der Waals surface area contributed by atoms with Gasteiger partial charge in [-0.25, -0.2) is 0 Å². The maximum Gasteiger partial charge on any atom is 0.236 e. The molecule has 0 fully saturated rings. The van der Waals surface area contributed by atoms with Gasteiger partial charge in [-0.15, -0.1) is 0 Å². The van der Waals surface area contributed by atoms with Crippen LogP contribution in [0.3, 0.4) is 0 Å². The number of nitrogens with zero attached hydrogens (tertiary/aromatic N) is 1. The van der Waals surface area contributed by atoms with Crippen LogP contribution in [0.25, 0.3) is 10.9 Å². The Balaban J connectivity index is 1.98. The Morgan fingerprint density at radius 1 is 1.00 bits per heavy atom. The number of benzene rings is 2. The molecule has 3 aromatic rings. The molecule has 98 valence electrons. The summed E-state index contributed by atoms with van der Waals surface area (Å²) in [6.45, 7) is 0. The zero-order valence-corrected chi connectivity index (χ0v) is 11.1. The number of para-hydroxylation sites is 2. The number of aryl methyl sites for hydroxylation is 1. The van der Waals surface area contributed by atoms with Crippen molar-refractivity contribution in [1.29, 1.82) is 0 Å². The van der Waals surface area contributed by atoms with Crippen LogP contribution in [0.4, 0.5) is 5.69 Å². The molecule has 20 heavy (non-hydrogen) atoms. The molecule has 0 saturated heterocycles. The van der Waals surface area contributed by atoms with E-state index in [1.165, 1.54) is 0 Å². The Kier molecular flexibility index (Phi) is 2.24. The molecule has 2 heterocycles. The second-order valence-electron chi connectivity index (χ2n) is 5.22. The summed E-state index contributed by atoms with van der Waals surface area (Å²) in [5.41, 5.74) is 4.22. The fourth-order valence-electron chi connectivity index (χ4n) is 3.12. The second-order valence-corrected chi connectivity index (χ2v) is 5.22. The van der Waals surface area contributed by atoms with E-state index >= 15 is 0 Å². The Morgan fingerprint density at radius 2 is 1.75 bits per heavy atom. The van der Waals surface area contributed by atoms with Gasteiger partial charge in [0.25, 0.3) is 0 Å². The summed E-state index contributed by atoms with van der Waals surface area (Å²) in [6.07, 6.45) is 2.07. The van der Waals surface area contributed by atoms with Crippen LogP contribution in [-0.4, -0.2) is 10.5 Å². The summed E-state index contributed by atoms with van der Waals surface area (Å²) < 4.78 is 2.08. The minimum atomic E-state index is -0.211. The van der Waals surface area contributed by atoms with Gasteiger partial charge < -0.3 is 9.88 Å². The van der Waals surface area contributed by atoms with Crippen molar-refractivity contribution in [3.05, 3.63) is 65.9 Å². The molecular weight excluding hydrogens is 248 g/mol. The average Bonchev–Trinajstić information content (AvgIpc) is 2.96. The molecule has 1 aliphatic heterocycles. The molecule has 3 heteroatoms. The predicted octanol–water partition coefficient (Wildman–Crippen LogP) is 3.26. The second kappa shape index (κ2) is 3.97. The number of amides is 1. The van der Waals surface area contributed by atoms with E-state index in [4.69, 9.17) is 0 Å². The van der Waals surface area contributed by atoms with Gasteiger partial charge in [0.1, 0.15) is 0 Å². The summed E-state index contributed by atoms with van der Waals surface area (Å²) in [7, 11) is 2.02. The number of anilines is 1. The molecule has 1 amide bonds. The van der Waals surface area contributed by atoms with Crippen LogP contribution in [-0.2, 0) is 11.8 Å². The topological polar surface area (TPSA) is 34.0 Å². The van der Waals surface area contributed by atoms with Crippen LogP contribution in [0, 0.1) is 0 Å². The maximum atomic E-state index is 12.4. The van der Waals surface area contributed by atoms with E-state index in [9.17, 15) is 4.79 Å². The van der Waals surface area contributed by atoms with Crippen molar-refractivity contribution in [2.24, 2.45) is 7.05 Å². The summed E-state index contributed by atoms with van der Waals surface area (Å²) in [5.74, 6) is -0.153. The lowest BCUT2D eigenvalue weighted by molar-refractivity contribution is -0.116. The van der Waals surface area contributed by atoms with Crippen LogP contribution >= 0.6 is 0 Å². The van der Waals surface area contributed by atoms with Gasteiger partial charge in [-0.05, 0) is 23.3 Å². The molecule has 1 aromatic heterocycles. The smallest absolute Gasteiger partial charge is 0.236 e. The number of rotatable bonds is 1. The molecule has 4 rings (SSSR count). The summed E-state index contributed by atoms with van der Waals surface area (Å²) in [6, 6.07) is 16.1. The SMILES string of the molecule is Cn1cc(C2C(=O)Nc3ccccc32)c2ccccc21. The molecule has 0 bridgehead atoms. The first-order chi connectivity index (χ1) is 9.75. The number of carbonyl (C=O) groups is 1. The van der Waals surface area contributed by atoms with Gasteiger partial charge >= 0.3 is 0 Å². The van der Waals surface area contributed by atoms with Crippen molar-refractivity contribution < 1.29 is 4.79 Å². The van der Waals surface area contributed by atoms with Crippen molar-refractivity contribution in [3.8, 4) is 0 Å². The molecule has 2 aromatic carbocycles. The first-order valence-electron chi connectivity index (χ1n) is 6.69. The third-order valence-electron chi connectivity index (χ3n) is 4.03. The van der Waals surface area contributed by atoms with E-state index in [0.717, 1.165) is 27.7 Å². The summed E-state index contributed by atoms with van der Waals surface area (Å²) in [5, 5.41) is 4.12. The fourth-order valence-corrected chi connectivity index (χ4v) is 3.12. The third-order valence-corrected chi connectivity index (χ3v) is 4.03. The van der Waals surface area contributed by atoms with Gasteiger partial charge in [0, 0.05) is 29.8 Å². The van der Waals surface area contributed by atoms with Crippen LogP contribution < -0.4 is 5.32 Å². The van der Waals surface area contributed by atoms with Gasteiger partial charge in [-0.1, -0.05) is 36.4 Å². The summed E-state index contributed by atoms with van der Waals surface area (Å²) in [4.78, 5) is 12.4. The molecule has 3 nitrogen and oxygen atoms in total. The number of hydrogen-bond acceptors (Lipinski definition) is 1. The van der Waals surface area contributed by atoms with Gasteiger partial charge in [0.15, 0.2) is 0 Å². The van der Waals surface area contributed by atoms with Crippen molar-refractivity contribution in [1.82, 2.24) is 4.57 Å². The highest BCUT2D eigenvalue weighted by atomic mass is 16.2. The molecule has 0 spiro atoms. The monoisotopic (exact) mass is 262 g/mol. The molecule has 0 saturated carbocycles. The zero-order chi connectivity index (χ0) is 13.7. The predicted molar refractivity (Wildman–Crippen MR) is 79.8 cm³/mol. The summed E-state index contributed by atoms with van der Waals surface area (Å²) >= 11 is 0. The van der Waals surface area contributed by atoms with Gasteiger partial charge in [0.2, 0.25) is 5.91 Å². The number of aromatic nitrogens is 1. The first-order valence-corrected chi connectivity index (χ1v) is 6.69. The van der Waals surface area contributed by atoms with E-state index in [-0.39, 0.29) is 11.8 Å². The van der Waals surface area contributed by atoms with Crippen LogP contribution in [0.1, 0.15) is 17.0 Å². The highest BCUT2D eigenvalue weighted by molar-refractivity contribution is 6.07. The van der Waals surface area contributed by atoms with Gasteiger partial charge in [-0.2, -0.15) is 0 Å². The molecule has 1 unspecified atom stereocenters. The zero-order valence-electron chi connectivity index (χ0n) is 11.1. The average molecular weight is 262 g/mol. The van der Waals surface area contributed by atoms with Crippen LogP contribution in [0.2, 0.25) is 0 Å². The molecule has 0 aliphatic carbocycles. The van der Waals surface area contributed by atoms with E-state index in [1.54, 1.807) is 0 Å². The van der Waals surface area contributed by atoms with Gasteiger partial charge in [-0.3, -0.25) is 4.79 Å². The molecule has 1 atom stereocenters. The van der Waals surface area contributed by atoms with Gasteiger partial charge in [0.05, 0.1) is 5.92 Å². The first kappa shape index (κ1) is 11.3. The molecule has 1 aliphatic rings. The van der Waals surface area contributed by atoms with Crippen molar-refractivity contribution in [3.63, 3.8) is 0 Å². The third kappa shape index (κ3) is 1.43. The maximum absolute atomic E-state index is 12.4. The van der Waals surface area contributed by atoms with E-state index in [2.05, 4.69) is 28.2 Å². The molecular formula is C17H14N2O. The quantitative estimate of drug-likeness (QED) is 0.717. The lowest BCUT2D eigenvalue weighted by atomic mass is 9.92. The minimum Gasteiger partial charge on any atom is -0.350 e. The minimum absolute atomic E-state index is 0.0579. The van der Waals surface area contributed by atoms with Crippen molar-refractivity contribution in [2.45, 2.75) is 5.92 Å². The normalized spacial score (nSPS) is 17.2. The largest absolute Gasteiger partial charge is 0.350 e. The highest BCUT2D eigenvalue weighted by Gasteiger charge is 2.33. The van der Waals surface area contributed by atoms with Crippen molar-refractivity contribution in [2.75, 3.05) is 5.32 Å². The Bertz CT molecular complexity index is 832. The number of carbonyl (C=O) groups excluding carboxylic acids is 1.